The van der Waals surface area contributed by atoms with Gasteiger partial charge in [-0.15, -0.1) is 11.3 Å². The van der Waals surface area contributed by atoms with Gasteiger partial charge in [0, 0.05) is 55.2 Å². The van der Waals surface area contributed by atoms with Gasteiger partial charge in [0.05, 0.1) is 18.8 Å². The second-order valence-corrected chi connectivity index (χ2v) is 8.82. The highest BCUT2D eigenvalue weighted by atomic mass is 32.1. The van der Waals surface area contributed by atoms with E-state index in [1.165, 1.54) is 10.9 Å². The zero-order chi connectivity index (χ0) is 21.6. The Bertz CT molecular complexity index is 1000. The van der Waals surface area contributed by atoms with E-state index in [1.807, 2.05) is 6.20 Å². The molecule has 1 fully saturated rings. The van der Waals surface area contributed by atoms with Crippen molar-refractivity contribution in [2.45, 2.75) is 25.5 Å². The second-order valence-electron chi connectivity index (χ2n) is 7.84. The van der Waals surface area contributed by atoms with Crippen LogP contribution in [0, 0.1) is 5.82 Å². The fourth-order valence-electron chi connectivity index (χ4n) is 4.11. The van der Waals surface area contributed by atoms with E-state index >= 15 is 0 Å². The van der Waals surface area contributed by atoms with Crippen molar-refractivity contribution >= 4 is 28.2 Å². The van der Waals surface area contributed by atoms with Crippen molar-refractivity contribution in [3.05, 3.63) is 58.2 Å². The molecule has 2 aromatic heterocycles. The van der Waals surface area contributed by atoms with Gasteiger partial charge in [-0.05, 0) is 48.6 Å². The van der Waals surface area contributed by atoms with Gasteiger partial charge in [-0.3, -0.25) is 9.89 Å². The molecule has 4 rings (SSSR count). The van der Waals surface area contributed by atoms with E-state index in [9.17, 15) is 4.39 Å². The molecule has 0 spiro atoms. The largest absolute Gasteiger partial charge is 0.376 e. The molecule has 0 amide bonds. The molecule has 31 heavy (non-hydrogen) atoms. The Morgan fingerprint density at radius 1 is 1.39 bits per heavy atom. The summed E-state index contributed by atoms with van der Waals surface area (Å²) in [5.74, 6) is 0.560. The van der Waals surface area contributed by atoms with Gasteiger partial charge in [-0.1, -0.05) is 6.07 Å². The van der Waals surface area contributed by atoms with Gasteiger partial charge in [0.1, 0.15) is 5.82 Å². The summed E-state index contributed by atoms with van der Waals surface area (Å²) < 4.78 is 19.3. The van der Waals surface area contributed by atoms with Crippen molar-refractivity contribution in [2.24, 2.45) is 4.99 Å². The number of ether oxygens (including phenoxy) is 1. The molecule has 3 heterocycles. The minimum absolute atomic E-state index is 0.212. The van der Waals surface area contributed by atoms with E-state index in [0.717, 1.165) is 55.1 Å². The van der Waals surface area contributed by atoms with Crippen LogP contribution in [0.3, 0.4) is 0 Å². The van der Waals surface area contributed by atoms with E-state index in [2.05, 4.69) is 49.9 Å². The monoisotopic (exact) mass is 443 g/mol. The average molecular weight is 444 g/mol. The standard InChI is InChI=1S/C23H30FN5OS/c1-16-15-29(9-10-30-16)21(22-4-3-11-31-22)14-28-23(25-2)26-8-7-17-13-27-20-6-5-18(24)12-19(17)20/h3-6,11-13,16,21,27H,7-10,14-15H2,1-2H3,(H2,25,26,28). The molecule has 8 heteroatoms. The lowest BCUT2D eigenvalue weighted by Crippen LogP contribution is -2.48. The lowest BCUT2D eigenvalue weighted by Gasteiger charge is -2.37. The SMILES string of the molecule is CN=C(NCCc1c[nH]c2ccc(F)cc12)NCC(c1cccs1)N1CCOC(C)C1. The Morgan fingerprint density at radius 3 is 3.06 bits per heavy atom. The van der Waals surface area contributed by atoms with Crippen LogP contribution in [0.1, 0.15) is 23.4 Å². The van der Waals surface area contributed by atoms with Crippen LogP contribution in [0.4, 0.5) is 4.39 Å². The third-order valence-electron chi connectivity index (χ3n) is 5.69. The molecule has 3 aromatic rings. The summed E-state index contributed by atoms with van der Waals surface area (Å²) in [6.07, 6.45) is 2.98. The van der Waals surface area contributed by atoms with Crippen LogP contribution < -0.4 is 10.6 Å². The van der Waals surface area contributed by atoms with Gasteiger partial charge in [-0.2, -0.15) is 0 Å². The van der Waals surface area contributed by atoms with Crippen molar-refractivity contribution in [1.82, 2.24) is 20.5 Å². The number of morpholine rings is 1. The summed E-state index contributed by atoms with van der Waals surface area (Å²) in [6.45, 7) is 6.22. The Balaban J connectivity index is 1.34. The molecule has 0 bridgehead atoms. The van der Waals surface area contributed by atoms with Crippen LogP contribution in [0.5, 0.6) is 0 Å². The molecule has 2 unspecified atom stereocenters. The average Bonchev–Trinajstić information content (AvgIpc) is 3.43. The number of hydrogen-bond donors (Lipinski definition) is 3. The zero-order valence-electron chi connectivity index (χ0n) is 18.0. The summed E-state index contributed by atoms with van der Waals surface area (Å²) in [4.78, 5) is 11.4. The first-order chi connectivity index (χ1) is 15.1. The minimum Gasteiger partial charge on any atom is -0.376 e. The van der Waals surface area contributed by atoms with E-state index in [4.69, 9.17) is 4.74 Å². The van der Waals surface area contributed by atoms with Gasteiger partial charge in [0.15, 0.2) is 5.96 Å². The molecule has 2 atom stereocenters. The summed E-state index contributed by atoms with van der Waals surface area (Å²) in [7, 11) is 1.79. The van der Waals surface area contributed by atoms with Gasteiger partial charge in [0.25, 0.3) is 0 Å². The zero-order valence-corrected chi connectivity index (χ0v) is 18.8. The van der Waals surface area contributed by atoms with E-state index in [-0.39, 0.29) is 18.0 Å². The number of halogens is 1. The van der Waals surface area contributed by atoms with Crippen LogP contribution in [0.15, 0.2) is 46.9 Å². The molecule has 6 nitrogen and oxygen atoms in total. The second kappa shape index (κ2) is 10.3. The number of guanidine groups is 1. The quantitative estimate of drug-likeness (QED) is 0.386. The van der Waals surface area contributed by atoms with Gasteiger partial charge >= 0.3 is 0 Å². The Labute approximate surface area is 186 Å². The van der Waals surface area contributed by atoms with Crippen LogP contribution in [0.2, 0.25) is 0 Å². The maximum absolute atomic E-state index is 13.6. The maximum atomic E-state index is 13.6. The molecule has 0 radical (unpaired) electrons. The third kappa shape index (κ3) is 5.44. The fraction of sp³-hybridized carbons (Fsp3) is 0.435. The Hall–Kier alpha value is -2.42. The number of rotatable bonds is 7. The predicted octanol–water partition coefficient (Wildman–Crippen LogP) is 3.54. The summed E-state index contributed by atoms with van der Waals surface area (Å²) in [5.41, 5.74) is 2.05. The predicted molar refractivity (Wildman–Crippen MR) is 125 cm³/mol. The lowest BCUT2D eigenvalue weighted by atomic mass is 10.1. The Kier molecular flexibility index (Phi) is 7.21. The summed E-state index contributed by atoms with van der Waals surface area (Å²) in [5, 5.41) is 9.94. The van der Waals surface area contributed by atoms with Crippen LogP contribution >= 0.6 is 11.3 Å². The number of hydrogen-bond acceptors (Lipinski definition) is 4. The van der Waals surface area contributed by atoms with Gasteiger partial charge in [-0.25, -0.2) is 4.39 Å². The smallest absolute Gasteiger partial charge is 0.191 e. The molecule has 1 aliphatic heterocycles. The highest BCUT2D eigenvalue weighted by molar-refractivity contribution is 7.10. The molecule has 0 aliphatic carbocycles. The minimum atomic E-state index is -0.212. The first kappa shape index (κ1) is 21.8. The normalized spacial score (nSPS) is 18.9. The van der Waals surface area contributed by atoms with Crippen molar-refractivity contribution in [3.8, 4) is 0 Å². The fourth-order valence-corrected chi connectivity index (χ4v) is 4.97. The number of nitrogens with zero attached hydrogens (tertiary/aromatic N) is 2. The van der Waals surface area contributed by atoms with E-state index in [0.29, 0.717) is 6.54 Å². The molecule has 1 saturated heterocycles. The van der Waals surface area contributed by atoms with E-state index in [1.54, 1.807) is 30.5 Å². The number of fused-ring (bicyclic) bond motifs is 1. The number of H-pyrrole nitrogens is 1. The van der Waals surface area contributed by atoms with Crippen molar-refractivity contribution in [3.63, 3.8) is 0 Å². The first-order valence-electron chi connectivity index (χ1n) is 10.7. The molecular weight excluding hydrogens is 413 g/mol. The number of benzene rings is 1. The Morgan fingerprint density at radius 2 is 2.29 bits per heavy atom. The summed E-state index contributed by atoms with van der Waals surface area (Å²) in [6, 6.07) is 9.42. The number of aliphatic imine (C=N–C) groups is 1. The number of aromatic amines is 1. The lowest BCUT2D eigenvalue weighted by molar-refractivity contribution is -0.0334. The summed E-state index contributed by atoms with van der Waals surface area (Å²) >= 11 is 1.79. The number of thiophene rings is 1. The number of nitrogens with one attached hydrogen (secondary N) is 3. The van der Waals surface area contributed by atoms with Crippen molar-refractivity contribution in [1.29, 1.82) is 0 Å². The topological polar surface area (TPSA) is 64.7 Å². The number of aromatic nitrogens is 1. The van der Waals surface area contributed by atoms with Crippen LogP contribution in [-0.2, 0) is 11.2 Å². The van der Waals surface area contributed by atoms with Gasteiger partial charge < -0.3 is 20.4 Å². The highest BCUT2D eigenvalue weighted by Gasteiger charge is 2.26. The first-order valence-corrected chi connectivity index (χ1v) is 11.6. The molecule has 1 aromatic carbocycles. The molecular formula is C23H30FN5OS. The van der Waals surface area contributed by atoms with Crippen molar-refractivity contribution in [2.75, 3.05) is 39.8 Å². The highest BCUT2D eigenvalue weighted by Crippen LogP contribution is 2.26. The van der Waals surface area contributed by atoms with Crippen LogP contribution in [-0.4, -0.2) is 61.8 Å². The third-order valence-corrected chi connectivity index (χ3v) is 6.66. The molecule has 3 N–H and O–H groups in total. The molecule has 1 aliphatic rings. The van der Waals surface area contributed by atoms with Crippen LogP contribution in [0.25, 0.3) is 10.9 Å². The maximum Gasteiger partial charge on any atom is 0.191 e. The van der Waals surface area contributed by atoms with Crippen molar-refractivity contribution < 1.29 is 9.13 Å². The molecule has 0 saturated carbocycles. The van der Waals surface area contributed by atoms with E-state index < -0.39 is 0 Å². The van der Waals surface area contributed by atoms with Gasteiger partial charge in [0.2, 0.25) is 0 Å². The molecule has 166 valence electrons.